The molecule has 0 saturated heterocycles. The molecule has 0 saturated carbocycles. The molecule has 0 aliphatic rings. The molecule has 0 aliphatic heterocycles. The number of carbonyl (C=O) groups excluding carboxylic acids is 1. The number of hydrogen-bond donors (Lipinski definition) is 2. The van der Waals surface area contributed by atoms with Crippen molar-refractivity contribution < 1.29 is 22.0 Å². The first-order valence-corrected chi connectivity index (χ1v) is 10.3. The van der Waals surface area contributed by atoms with E-state index in [4.69, 9.17) is 0 Å². The van der Waals surface area contributed by atoms with E-state index in [9.17, 15) is 22.0 Å². The normalized spacial score (nSPS) is 11.2. The van der Waals surface area contributed by atoms with Crippen LogP contribution in [0.2, 0.25) is 0 Å². The highest BCUT2D eigenvalue weighted by molar-refractivity contribution is 7.92. The Morgan fingerprint density at radius 2 is 1.83 bits per heavy atom. The van der Waals surface area contributed by atoms with Gasteiger partial charge in [-0.25, -0.2) is 22.2 Å². The van der Waals surface area contributed by atoms with Gasteiger partial charge in [0, 0.05) is 43.2 Å². The molecule has 0 spiro atoms. The number of benzene rings is 1. The van der Waals surface area contributed by atoms with Gasteiger partial charge in [-0.2, -0.15) is 0 Å². The monoisotopic (exact) mass is 432 g/mol. The molecule has 1 aromatic carbocycles. The van der Waals surface area contributed by atoms with Gasteiger partial charge in [-0.3, -0.25) is 14.5 Å². The van der Waals surface area contributed by atoms with E-state index in [1.807, 2.05) is 0 Å². The minimum absolute atomic E-state index is 0.0479. The second-order valence-corrected chi connectivity index (χ2v) is 8.12. The van der Waals surface area contributed by atoms with Crippen molar-refractivity contribution >= 4 is 27.3 Å². The molecule has 0 aliphatic carbocycles. The van der Waals surface area contributed by atoms with Gasteiger partial charge in [0.05, 0.1) is 5.69 Å². The lowest BCUT2D eigenvalue weighted by Gasteiger charge is -2.14. The zero-order chi connectivity index (χ0) is 21.9. The molecule has 7 nitrogen and oxygen atoms in total. The zero-order valence-electron chi connectivity index (χ0n) is 16.1. The van der Waals surface area contributed by atoms with Crippen molar-refractivity contribution in [3.8, 4) is 11.1 Å². The fourth-order valence-electron chi connectivity index (χ4n) is 2.78. The van der Waals surface area contributed by atoms with E-state index in [-0.39, 0.29) is 22.9 Å². The Labute approximate surface area is 172 Å². The molecule has 10 heteroatoms. The van der Waals surface area contributed by atoms with E-state index in [1.54, 1.807) is 12.1 Å². The molecule has 2 aromatic heterocycles. The van der Waals surface area contributed by atoms with Gasteiger partial charge in [0.15, 0.2) is 0 Å². The SMILES string of the molecule is CNc1ncc(-c2ccnc(CC(C)=O)c2)cc1S(=O)(=O)Nc1ccc(F)cc1F. The number of Topliss-reactive ketones (excluding diaryl/α,β-unsaturated/α-hetero) is 1. The van der Waals surface area contributed by atoms with E-state index < -0.39 is 27.3 Å². The Morgan fingerprint density at radius 3 is 2.50 bits per heavy atom. The quantitative estimate of drug-likeness (QED) is 0.594. The van der Waals surface area contributed by atoms with Crippen LogP contribution in [-0.4, -0.2) is 31.2 Å². The number of carbonyl (C=O) groups is 1. The summed E-state index contributed by atoms with van der Waals surface area (Å²) in [5, 5.41) is 2.69. The van der Waals surface area contributed by atoms with Gasteiger partial charge < -0.3 is 5.32 Å². The van der Waals surface area contributed by atoms with Gasteiger partial charge >= 0.3 is 0 Å². The first-order valence-electron chi connectivity index (χ1n) is 8.80. The van der Waals surface area contributed by atoms with Gasteiger partial charge in [-0.05, 0) is 42.8 Å². The minimum atomic E-state index is -4.26. The Hall–Kier alpha value is -3.40. The molecule has 3 aromatic rings. The van der Waals surface area contributed by atoms with E-state index >= 15 is 0 Å². The van der Waals surface area contributed by atoms with Crippen molar-refractivity contribution in [3.63, 3.8) is 0 Å². The van der Waals surface area contributed by atoms with Crippen molar-refractivity contribution in [2.45, 2.75) is 18.2 Å². The number of aromatic nitrogens is 2. The number of anilines is 2. The molecule has 0 radical (unpaired) electrons. The molecular formula is C20H18F2N4O3S. The summed E-state index contributed by atoms with van der Waals surface area (Å²) in [7, 11) is -2.76. The number of nitrogens with one attached hydrogen (secondary N) is 2. The van der Waals surface area contributed by atoms with Crippen LogP contribution >= 0.6 is 0 Å². The lowest BCUT2D eigenvalue weighted by Crippen LogP contribution is -2.16. The standard InChI is InChI=1S/C20H18F2N4O3S/c1-12(27)7-16-8-13(5-6-24-16)14-9-19(20(23-2)25-11-14)30(28,29)26-18-4-3-15(21)10-17(18)22/h3-6,8-11,26H,7H2,1-2H3,(H,23,25). The van der Waals surface area contributed by atoms with Crippen molar-refractivity contribution in [3.05, 3.63) is 66.1 Å². The minimum Gasteiger partial charge on any atom is -0.372 e. The number of pyridine rings is 2. The van der Waals surface area contributed by atoms with Crippen molar-refractivity contribution in [2.75, 3.05) is 17.1 Å². The maximum absolute atomic E-state index is 13.9. The number of halogens is 2. The fraction of sp³-hybridized carbons (Fsp3) is 0.150. The van der Waals surface area contributed by atoms with Crippen LogP contribution in [0.5, 0.6) is 0 Å². The highest BCUT2D eigenvalue weighted by Crippen LogP contribution is 2.28. The fourth-order valence-corrected chi connectivity index (χ4v) is 4.03. The summed E-state index contributed by atoms with van der Waals surface area (Å²) in [6.45, 7) is 1.45. The molecular weight excluding hydrogens is 414 g/mol. The molecule has 0 amide bonds. The first kappa shape index (κ1) is 21.3. The van der Waals surface area contributed by atoms with Gasteiger partial charge in [0.1, 0.15) is 28.1 Å². The molecule has 0 fully saturated rings. The van der Waals surface area contributed by atoms with Gasteiger partial charge in [-0.1, -0.05) is 0 Å². The topological polar surface area (TPSA) is 101 Å². The number of rotatable bonds is 7. The van der Waals surface area contributed by atoms with Gasteiger partial charge in [-0.15, -0.1) is 0 Å². The van der Waals surface area contributed by atoms with Crippen LogP contribution in [0.25, 0.3) is 11.1 Å². The second kappa shape index (κ2) is 8.54. The summed E-state index contributed by atoms with van der Waals surface area (Å²) in [5.41, 5.74) is 1.21. The molecule has 0 unspecified atom stereocenters. The summed E-state index contributed by atoms with van der Waals surface area (Å²) in [6, 6.07) is 7.22. The van der Waals surface area contributed by atoms with Crippen molar-refractivity contribution in [2.24, 2.45) is 0 Å². The molecule has 156 valence electrons. The van der Waals surface area contributed by atoms with Gasteiger partial charge in [0.2, 0.25) is 0 Å². The summed E-state index contributed by atoms with van der Waals surface area (Å²) >= 11 is 0. The Morgan fingerprint density at radius 1 is 1.07 bits per heavy atom. The van der Waals surface area contributed by atoms with Crippen molar-refractivity contribution in [1.82, 2.24) is 9.97 Å². The van der Waals surface area contributed by atoms with Crippen LogP contribution in [0.1, 0.15) is 12.6 Å². The molecule has 3 rings (SSSR count). The Kier molecular flexibility index (Phi) is 6.06. The van der Waals surface area contributed by atoms with Crippen LogP contribution in [-0.2, 0) is 21.2 Å². The Bertz CT molecular complexity index is 1220. The van der Waals surface area contributed by atoms with Crippen LogP contribution in [0.15, 0.2) is 53.7 Å². The molecule has 2 N–H and O–H groups in total. The lowest BCUT2D eigenvalue weighted by molar-refractivity contribution is -0.116. The smallest absolute Gasteiger partial charge is 0.265 e. The van der Waals surface area contributed by atoms with Crippen LogP contribution in [0.4, 0.5) is 20.3 Å². The highest BCUT2D eigenvalue weighted by Gasteiger charge is 2.22. The second-order valence-electron chi connectivity index (χ2n) is 6.47. The lowest BCUT2D eigenvalue weighted by atomic mass is 10.1. The predicted octanol–water partition coefficient (Wildman–Crippen LogP) is 3.40. The summed E-state index contributed by atoms with van der Waals surface area (Å²) < 4.78 is 55.0. The van der Waals surface area contributed by atoms with Crippen molar-refractivity contribution in [1.29, 1.82) is 0 Å². The number of hydrogen-bond acceptors (Lipinski definition) is 6. The third-order valence-electron chi connectivity index (χ3n) is 4.13. The van der Waals surface area contributed by atoms with Crippen LogP contribution in [0.3, 0.4) is 0 Å². The Balaban J connectivity index is 2.03. The number of ketones is 1. The summed E-state index contributed by atoms with van der Waals surface area (Å²) in [6.07, 6.45) is 3.13. The average Bonchev–Trinajstić information content (AvgIpc) is 2.69. The highest BCUT2D eigenvalue weighted by atomic mass is 32.2. The predicted molar refractivity (Wildman–Crippen MR) is 109 cm³/mol. The third kappa shape index (κ3) is 4.77. The largest absolute Gasteiger partial charge is 0.372 e. The average molecular weight is 432 g/mol. The number of sulfonamides is 1. The molecule has 0 bridgehead atoms. The zero-order valence-corrected chi connectivity index (χ0v) is 16.9. The van der Waals surface area contributed by atoms with E-state index in [2.05, 4.69) is 20.0 Å². The molecule has 0 atom stereocenters. The third-order valence-corrected chi connectivity index (χ3v) is 5.51. The van der Waals surface area contributed by atoms with E-state index in [0.29, 0.717) is 22.9 Å². The summed E-state index contributed by atoms with van der Waals surface area (Å²) in [4.78, 5) is 19.4. The maximum Gasteiger partial charge on any atom is 0.265 e. The van der Waals surface area contributed by atoms with Crippen LogP contribution < -0.4 is 10.0 Å². The first-order chi connectivity index (χ1) is 14.2. The summed E-state index contributed by atoms with van der Waals surface area (Å²) in [5.74, 6) is -1.88. The number of nitrogens with zero attached hydrogens (tertiary/aromatic N) is 2. The molecule has 2 heterocycles. The van der Waals surface area contributed by atoms with Gasteiger partial charge in [0.25, 0.3) is 10.0 Å². The van der Waals surface area contributed by atoms with E-state index in [0.717, 1.165) is 12.1 Å². The maximum atomic E-state index is 13.9. The molecule has 30 heavy (non-hydrogen) atoms. The van der Waals surface area contributed by atoms with E-state index in [1.165, 1.54) is 32.4 Å². The van der Waals surface area contributed by atoms with Crippen LogP contribution in [0, 0.1) is 11.6 Å².